The largest absolute Gasteiger partial charge is 0.369 e. The topological polar surface area (TPSA) is 29.9 Å². The number of aromatic nitrogens is 2. The van der Waals surface area contributed by atoms with Crippen LogP contribution in [-0.2, 0) is 6.42 Å². The van der Waals surface area contributed by atoms with Gasteiger partial charge in [-0.25, -0.2) is 4.68 Å². The van der Waals surface area contributed by atoms with Crippen molar-refractivity contribution < 1.29 is 0 Å². The molecule has 0 atom stereocenters. The van der Waals surface area contributed by atoms with E-state index in [-0.39, 0.29) is 0 Å². The Morgan fingerprint density at radius 2 is 1.87 bits per heavy atom. The summed E-state index contributed by atoms with van der Waals surface area (Å²) in [6, 6.07) is 13.9. The molecule has 1 aliphatic rings. The van der Waals surface area contributed by atoms with Crippen molar-refractivity contribution in [3.8, 4) is 16.9 Å². The molecule has 1 N–H and O–H groups in total. The van der Waals surface area contributed by atoms with Crippen molar-refractivity contribution in [3.05, 3.63) is 63.6 Å². The second kappa shape index (κ2) is 5.59. The van der Waals surface area contributed by atoms with Crippen molar-refractivity contribution in [1.29, 1.82) is 0 Å². The van der Waals surface area contributed by atoms with Gasteiger partial charge in [0.15, 0.2) is 0 Å². The van der Waals surface area contributed by atoms with Crippen molar-refractivity contribution >= 4 is 29.0 Å². The van der Waals surface area contributed by atoms with Gasteiger partial charge in [-0.2, -0.15) is 5.10 Å². The minimum Gasteiger partial charge on any atom is -0.369 e. The second-order valence-electron chi connectivity index (χ2n) is 5.73. The van der Waals surface area contributed by atoms with Crippen molar-refractivity contribution in [2.24, 2.45) is 0 Å². The molecule has 0 saturated heterocycles. The monoisotopic (exact) mass is 343 g/mol. The first-order valence-electron chi connectivity index (χ1n) is 7.52. The molecule has 0 amide bonds. The van der Waals surface area contributed by atoms with Gasteiger partial charge in [-0.05, 0) is 31.5 Å². The van der Waals surface area contributed by atoms with Crippen LogP contribution in [0.3, 0.4) is 0 Å². The molecule has 2 heterocycles. The van der Waals surface area contributed by atoms with Crippen LogP contribution in [0.4, 0.5) is 5.82 Å². The Kier molecular flexibility index (Phi) is 3.55. The summed E-state index contributed by atoms with van der Waals surface area (Å²) in [6.07, 6.45) is 0.955. The Labute approximate surface area is 144 Å². The van der Waals surface area contributed by atoms with E-state index in [9.17, 15) is 0 Å². The van der Waals surface area contributed by atoms with Crippen LogP contribution in [-0.4, -0.2) is 16.3 Å². The van der Waals surface area contributed by atoms with Gasteiger partial charge in [-0.15, -0.1) is 0 Å². The van der Waals surface area contributed by atoms with Gasteiger partial charge >= 0.3 is 0 Å². The molecule has 1 aliphatic heterocycles. The molecular formula is C18H15Cl2N3. The number of nitrogens with one attached hydrogen (secondary N) is 1. The van der Waals surface area contributed by atoms with Gasteiger partial charge in [0.25, 0.3) is 0 Å². The number of fused-ring (bicyclic) bond motifs is 1. The lowest BCUT2D eigenvalue weighted by molar-refractivity contribution is 0.882. The minimum atomic E-state index is 0.629. The third-order valence-corrected chi connectivity index (χ3v) is 4.67. The van der Waals surface area contributed by atoms with Crippen LogP contribution >= 0.6 is 23.2 Å². The molecule has 3 aromatic rings. The molecule has 0 saturated carbocycles. The van der Waals surface area contributed by atoms with E-state index in [4.69, 9.17) is 28.3 Å². The van der Waals surface area contributed by atoms with Crippen LogP contribution in [0.25, 0.3) is 16.9 Å². The fourth-order valence-corrected chi connectivity index (χ4v) is 3.30. The quantitative estimate of drug-likeness (QED) is 0.699. The molecule has 23 heavy (non-hydrogen) atoms. The Morgan fingerprint density at radius 1 is 1.09 bits per heavy atom. The van der Waals surface area contributed by atoms with E-state index < -0.39 is 0 Å². The van der Waals surface area contributed by atoms with Gasteiger partial charge in [-0.1, -0.05) is 53.0 Å². The summed E-state index contributed by atoms with van der Waals surface area (Å²) >= 11 is 12.5. The third-order valence-electron chi connectivity index (χ3n) is 4.11. The molecule has 2 aromatic carbocycles. The third kappa shape index (κ3) is 2.50. The Hall–Kier alpha value is -1.97. The van der Waals surface area contributed by atoms with Gasteiger partial charge < -0.3 is 5.32 Å². The van der Waals surface area contributed by atoms with Crippen molar-refractivity contribution in [2.75, 3.05) is 11.9 Å². The molecule has 116 valence electrons. The lowest BCUT2D eigenvalue weighted by Crippen LogP contribution is -2.04. The molecule has 5 heteroatoms. The highest BCUT2D eigenvalue weighted by molar-refractivity contribution is 6.34. The first-order chi connectivity index (χ1) is 11.1. The molecule has 0 fully saturated rings. The molecule has 3 nitrogen and oxygen atoms in total. The van der Waals surface area contributed by atoms with E-state index in [1.807, 2.05) is 10.7 Å². The minimum absolute atomic E-state index is 0.629. The van der Waals surface area contributed by atoms with Crippen LogP contribution in [0.15, 0.2) is 42.5 Å². The Balaban J connectivity index is 1.91. The zero-order chi connectivity index (χ0) is 16.0. The number of halogens is 2. The first-order valence-corrected chi connectivity index (χ1v) is 8.27. The highest BCUT2D eigenvalue weighted by atomic mass is 35.5. The van der Waals surface area contributed by atoms with Gasteiger partial charge in [0.2, 0.25) is 0 Å². The van der Waals surface area contributed by atoms with Crippen molar-refractivity contribution in [1.82, 2.24) is 9.78 Å². The van der Waals surface area contributed by atoms with E-state index in [0.717, 1.165) is 35.7 Å². The molecule has 1 aromatic heterocycles. The maximum absolute atomic E-state index is 6.36. The van der Waals surface area contributed by atoms with E-state index in [2.05, 4.69) is 36.5 Å². The zero-order valence-corrected chi connectivity index (χ0v) is 14.1. The fraction of sp³-hybridized carbons (Fsp3) is 0.167. The van der Waals surface area contributed by atoms with Crippen LogP contribution in [0.1, 0.15) is 11.1 Å². The predicted octanol–water partition coefficient (Wildman–Crippen LogP) is 5.12. The van der Waals surface area contributed by atoms with Gasteiger partial charge in [0, 0.05) is 22.7 Å². The SMILES string of the molecule is Cc1ccc(-c2nn(-c3cc(Cl)ccc3Cl)c3c2CCN3)cc1. The standard InChI is InChI=1S/C18H15Cl2N3/c1-11-2-4-12(5-3-11)17-14-8-9-21-18(14)23(22-17)16-10-13(19)6-7-15(16)20/h2-7,10,21H,8-9H2,1H3. The number of benzene rings is 2. The molecule has 0 bridgehead atoms. The lowest BCUT2D eigenvalue weighted by Gasteiger charge is -2.08. The Morgan fingerprint density at radius 3 is 2.65 bits per heavy atom. The number of hydrogen-bond donors (Lipinski definition) is 1. The summed E-state index contributed by atoms with van der Waals surface area (Å²) in [5.41, 5.74) is 5.38. The predicted molar refractivity (Wildman–Crippen MR) is 96.0 cm³/mol. The summed E-state index contributed by atoms with van der Waals surface area (Å²) < 4.78 is 1.87. The van der Waals surface area contributed by atoms with Crippen molar-refractivity contribution in [3.63, 3.8) is 0 Å². The summed E-state index contributed by atoms with van der Waals surface area (Å²) in [4.78, 5) is 0. The molecule has 0 radical (unpaired) electrons. The number of aryl methyl sites for hydroxylation is 1. The van der Waals surface area contributed by atoms with Gasteiger partial charge in [-0.3, -0.25) is 0 Å². The number of nitrogens with zero attached hydrogens (tertiary/aromatic N) is 2. The number of anilines is 1. The second-order valence-corrected chi connectivity index (χ2v) is 6.57. The van der Waals surface area contributed by atoms with Crippen LogP contribution in [0.2, 0.25) is 10.0 Å². The highest BCUT2D eigenvalue weighted by Gasteiger charge is 2.24. The smallest absolute Gasteiger partial charge is 0.133 e. The maximum Gasteiger partial charge on any atom is 0.133 e. The molecule has 4 rings (SSSR count). The lowest BCUT2D eigenvalue weighted by atomic mass is 10.1. The highest BCUT2D eigenvalue weighted by Crippen LogP contribution is 2.36. The molecular weight excluding hydrogens is 329 g/mol. The van der Waals surface area contributed by atoms with Gasteiger partial charge in [0.05, 0.1) is 16.4 Å². The molecule has 0 spiro atoms. The fourth-order valence-electron chi connectivity index (χ4n) is 2.94. The van der Waals surface area contributed by atoms with E-state index in [1.54, 1.807) is 12.1 Å². The summed E-state index contributed by atoms with van der Waals surface area (Å²) in [5.74, 6) is 1.00. The molecule has 0 aliphatic carbocycles. The average molecular weight is 344 g/mol. The summed E-state index contributed by atoms with van der Waals surface area (Å²) in [6.45, 7) is 2.99. The van der Waals surface area contributed by atoms with Crippen LogP contribution in [0.5, 0.6) is 0 Å². The summed E-state index contributed by atoms with van der Waals surface area (Å²) in [7, 11) is 0. The average Bonchev–Trinajstić information content (AvgIpc) is 3.13. The maximum atomic E-state index is 6.36. The van der Waals surface area contributed by atoms with E-state index >= 15 is 0 Å². The number of hydrogen-bond acceptors (Lipinski definition) is 2. The number of rotatable bonds is 2. The summed E-state index contributed by atoms with van der Waals surface area (Å²) in [5, 5.41) is 9.50. The van der Waals surface area contributed by atoms with Gasteiger partial charge in [0.1, 0.15) is 5.82 Å². The van der Waals surface area contributed by atoms with Crippen LogP contribution in [0, 0.1) is 6.92 Å². The van der Waals surface area contributed by atoms with E-state index in [0.29, 0.717) is 10.0 Å². The Bertz CT molecular complexity index is 882. The van der Waals surface area contributed by atoms with E-state index in [1.165, 1.54) is 11.1 Å². The normalized spacial score (nSPS) is 13.0. The van der Waals surface area contributed by atoms with Crippen LogP contribution < -0.4 is 5.32 Å². The zero-order valence-electron chi connectivity index (χ0n) is 12.6. The van der Waals surface area contributed by atoms with Crippen molar-refractivity contribution in [2.45, 2.75) is 13.3 Å². The first kappa shape index (κ1) is 14.6. The molecule has 0 unspecified atom stereocenters.